The molecule has 3 aromatic rings. The molecule has 0 bridgehead atoms. The molecular formula is C28H30BrCl2N3O4S. The van der Waals surface area contributed by atoms with Crippen molar-refractivity contribution in [3.8, 4) is 0 Å². The van der Waals surface area contributed by atoms with Crippen molar-refractivity contribution >= 4 is 66.7 Å². The van der Waals surface area contributed by atoms with Crippen LogP contribution in [0, 0.1) is 0 Å². The summed E-state index contributed by atoms with van der Waals surface area (Å²) >= 11 is 15.8. The maximum absolute atomic E-state index is 13.7. The third-order valence-corrected chi connectivity index (χ3v) is 8.38. The lowest BCUT2D eigenvalue weighted by Gasteiger charge is -2.31. The Morgan fingerprint density at radius 2 is 1.64 bits per heavy atom. The number of carbonyl (C=O) groups is 2. The van der Waals surface area contributed by atoms with Crippen LogP contribution in [0.1, 0.15) is 24.0 Å². The van der Waals surface area contributed by atoms with E-state index in [4.69, 9.17) is 23.2 Å². The van der Waals surface area contributed by atoms with Crippen LogP contribution in [0.5, 0.6) is 0 Å². The van der Waals surface area contributed by atoms with Crippen LogP contribution in [-0.4, -0.2) is 51.0 Å². The number of sulfonamides is 1. The van der Waals surface area contributed by atoms with E-state index in [1.165, 1.54) is 12.1 Å². The summed E-state index contributed by atoms with van der Waals surface area (Å²) in [6, 6.07) is 20.8. The molecule has 0 saturated carbocycles. The van der Waals surface area contributed by atoms with Gasteiger partial charge in [-0.1, -0.05) is 81.6 Å². The van der Waals surface area contributed by atoms with Crippen LogP contribution >= 0.6 is 39.1 Å². The SMILES string of the molecule is CNC(=O)[C@@H](Cc1ccccc1)N(Cc1ccc(Br)cc1)C(=O)CCCN(c1cc(Cl)ccc1Cl)S(C)(=O)=O. The minimum atomic E-state index is -3.71. The highest BCUT2D eigenvalue weighted by atomic mass is 79.9. The van der Waals surface area contributed by atoms with Crippen LogP contribution in [0.3, 0.4) is 0 Å². The molecule has 0 aliphatic rings. The van der Waals surface area contributed by atoms with E-state index in [0.717, 1.165) is 26.2 Å². The number of likely N-dealkylation sites (N-methyl/N-ethyl adjacent to an activating group) is 1. The van der Waals surface area contributed by atoms with Crippen molar-refractivity contribution in [2.45, 2.75) is 31.8 Å². The number of benzene rings is 3. The summed E-state index contributed by atoms with van der Waals surface area (Å²) < 4.78 is 27.2. The molecule has 39 heavy (non-hydrogen) atoms. The van der Waals surface area contributed by atoms with E-state index in [2.05, 4.69) is 21.2 Å². The summed E-state index contributed by atoms with van der Waals surface area (Å²) in [7, 11) is -2.16. The third-order valence-electron chi connectivity index (χ3n) is 6.11. The van der Waals surface area contributed by atoms with Crippen molar-refractivity contribution in [3.63, 3.8) is 0 Å². The van der Waals surface area contributed by atoms with Crippen molar-refractivity contribution in [1.29, 1.82) is 0 Å². The number of rotatable bonds is 12. The van der Waals surface area contributed by atoms with Crippen molar-refractivity contribution < 1.29 is 18.0 Å². The largest absolute Gasteiger partial charge is 0.357 e. The second-order valence-corrected chi connectivity index (χ2v) is 12.7. The average molecular weight is 655 g/mol. The van der Waals surface area contributed by atoms with Crippen molar-refractivity contribution in [3.05, 3.63) is 98.4 Å². The zero-order valence-corrected chi connectivity index (χ0v) is 25.5. The van der Waals surface area contributed by atoms with Gasteiger partial charge >= 0.3 is 0 Å². The second kappa shape index (κ2) is 14.2. The minimum Gasteiger partial charge on any atom is -0.357 e. The van der Waals surface area contributed by atoms with Gasteiger partial charge in [-0.05, 0) is 47.9 Å². The number of nitrogens with one attached hydrogen (secondary N) is 1. The lowest BCUT2D eigenvalue weighted by molar-refractivity contribution is -0.141. The lowest BCUT2D eigenvalue weighted by Crippen LogP contribution is -2.49. The van der Waals surface area contributed by atoms with Gasteiger partial charge in [-0.25, -0.2) is 8.42 Å². The first-order valence-electron chi connectivity index (χ1n) is 12.2. The smallest absolute Gasteiger partial charge is 0.242 e. The molecule has 0 fully saturated rings. The maximum atomic E-state index is 13.7. The van der Waals surface area contributed by atoms with Gasteiger partial charge in [0, 0.05) is 42.5 Å². The quantitative estimate of drug-likeness (QED) is 0.272. The van der Waals surface area contributed by atoms with E-state index < -0.39 is 16.1 Å². The Morgan fingerprint density at radius 3 is 2.26 bits per heavy atom. The minimum absolute atomic E-state index is 0.0140. The van der Waals surface area contributed by atoms with Crippen molar-refractivity contribution in [2.24, 2.45) is 0 Å². The van der Waals surface area contributed by atoms with E-state index in [1.807, 2.05) is 54.6 Å². The topological polar surface area (TPSA) is 86.8 Å². The Morgan fingerprint density at radius 1 is 0.974 bits per heavy atom. The second-order valence-electron chi connectivity index (χ2n) is 9.00. The lowest BCUT2D eigenvalue weighted by atomic mass is 10.0. The first-order chi connectivity index (χ1) is 18.5. The summed E-state index contributed by atoms with van der Waals surface area (Å²) in [5, 5.41) is 3.26. The number of hydrogen-bond donors (Lipinski definition) is 1. The van der Waals surface area contributed by atoms with Crippen LogP contribution in [-0.2, 0) is 32.6 Å². The number of hydrogen-bond acceptors (Lipinski definition) is 4. The van der Waals surface area contributed by atoms with Gasteiger partial charge in [0.2, 0.25) is 21.8 Å². The number of amides is 2. The fraction of sp³-hybridized carbons (Fsp3) is 0.286. The maximum Gasteiger partial charge on any atom is 0.242 e. The van der Waals surface area contributed by atoms with Crippen LogP contribution in [0.2, 0.25) is 10.0 Å². The molecule has 208 valence electrons. The highest BCUT2D eigenvalue weighted by Crippen LogP contribution is 2.31. The molecule has 0 aliphatic carbocycles. The number of nitrogens with zero attached hydrogens (tertiary/aromatic N) is 2. The van der Waals surface area contributed by atoms with E-state index in [1.54, 1.807) is 18.0 Å². The summed E-state index contributed by atoms with van der Waals surface area (Å²) in [5.74, 6) is -0.555. The summed E-state index contributed by atoms with van der Waals surface area (Å²) in [6.45, 7) is 0.229. The molecular weight excluding hydrogens is 625 g/mol. The molecule has 2 amide bonds. The van der Waals surface area contributed by atoms with E-state index >= 15 is 0 Å². The first-order valence-corrected chi connectivity index (χ1v) is 15.6. The molecule has 11 heteroatoms. The Labute approximate surface area is 248 Å². The molecule has 1 atom stereocenters. The molecule has 0 radical (unpaired) electrons. The standard InChI is InChI=1S/C28H30BrCl2N3O4S/c1-32-28(36)26(17-20-7-4-3-5-8-20)33(19-21-10-12-22(29)13-11-21)27(35)9-6-16-34(39(2,37)38)25-18-23(30)14-15-24(25)31/h3-5,7-8,10-15,18,26H,6,9,16-17,19H2,1-2H3,(H,32,36)/t26-/m1/s1. The van der Waals surface area contributed by atoms with Crippen LogP contribution in [0.25, 0.3) is 0 Å². The predicted octanol–water partition coefficient (Wildman–Crippen LogP) is 5.69. The highest BCUT2D eigenvalue weighted by Gasteiger charge is 2.30. The third kappa shape index (κ3) is 8.96. The molecule has 0 spiro atoms. The molecule has 0 aromatic heterocycles. The zero-order valence-electron chi connectivity index (χ0n) is 21.6. The van der Waals surface area contributed by atoms with Crippen LogP contribution in [0.15, 0.2) is 77.3 Å². The van der Waals surface area contributed by atoms with Crippen LogP contribution < -0.4 is 9.62 Å². The Kier molecular flexibility index (Phi) is 11.2. The summed E-state index contributed by atoms with van der Waals surface area (Å²) in [5.41, 5.74) is 2.02. The van der Waals surface area contributed by atoms with Gasteiger partial charge in [0.25, 0.3) is 0 Å². The van der Waals surface area contributed by atoms with Gasteiger partial charge in [-0.3, -0.25) is 13.9 Å². The molecule has 7 nitrogen and oxygen atoms in total. The fourth-order valence-electron chi connectivity index (χ4n) is 4.17. The molecule has 0 unspecified atom stereocenters. The number of anilines is 1. The van der Waals surface area contributed by atoms with Gasteiger partial charge in [0.05, 0.1) is 17.0 Å². The molecule has 0 saturated heterocycles. The highest BCUT2D eigenvalue weighted by molar-refractivity contribution is 9.10. The Balaban J connectivity index is 1.86. The van der Waals surface area contributed by atoms with E-state index in [-0.39, 0.29) is 48.5 Å². The Bertz CT molecular complexity index is 1390. The zero-order chi connectivity index (χ0) is 28.6. The fourth-order valence-corrected chi connectivity index (χ4v) is 5.84. The molecule has 0 heterocycles. The van der Waals surface area contributed by atoms with E-state index in [0.29, 0.717) is 11.4 Å². The predicted molar refractivity (Wildman–Crippen MR) is 161 cm³/mol. The Hall–Kier alpha value is -2.59. The van der Waals surface area contributed by atoms with Crippen molar-refractivity contribution in [1.82, 2.24) is 10.2 Å². The average Bonchev–Trinajstić information content (AvgIpc) is 2.90. The van der Waals surface area contributed by atoms with Gasteiger partial charge < -0.3 is 10.2 Å². The number of halogens is 3. The molecule has 3 rings (SSSR count). The number of carbonyl (C=O) groups excluding carboxylic acids is 2. The van der Waals surface area contributed by atoms with Gasteiger partial charge in [0.1, 0.15) is 6.04 Å². The monoisotopic (exact) mass is 653 g/mol. The normalized spacial score (nSPS) is 12.0. The van der Waals surface area contributed by atoms with Crippen LogP contribution in [0.4, 0.5) is 5.69 Å². The van der Waals surface area contributed by atoms with E-state index in [9.17, 15) is 18.0 Å². The van der Waals surface area contributed by atoms with Gasteiger partial charge in [-0.15, -0.1) is 0 Å². The first kappa shape index (κ1) is 30.9. The molecule has 1 N–H and O–H groups in total. The van der Waals surface area contributed by atoms with Crippen molar-refractivity contribution in [2.75, 3.05) is 24.2 Å². The summed E-state index contributed by atoms with van der Waals surface area (Å²) in [4.78, 5) is 28.3. The summed E-state index contributed by atoms with van der Waals surface area (Å²) in [6.07, 6.45) is 1.63. The molecule has 3 aromatic carbocycles. The molecule has 0 aliphatic heterocycles. The van der Waals surface area contributed by atoms with Gasteiger partial charge in [-0.2, -0.15) is 0 Å². The van der Waals surface area contributed by atoms with Gasteiger partial charge in [0.15, 0.2) is 0 Å².